The van der Waals surface area contributed by atoms with Gasteiger partial charge in [-0.25, -0.2) is 0 Å². The third kappa shape index (κ3) is 5.09. The summed E-state index contributed by atoms with van der Waals surface area (Å²) in [6, 6.07) is 6.90. The SMILES string of the molecule is Cc1nnc(C(=O)Nc2cccc(C(=O)NCCCN3CCCC3)c2)s1. The molecule has 1 aliphatic heterocycles. The molecule has 2 N–H and O–H groups in total. The van der Waals surface area contributed by atoms with Gasteiger partial charge < -0.3 is 15.5 Å². The van der Waals surface area contributed by atoms with Crippen molar-refractivity contribution in [1.82, 2.24) is 20.4 Å². The number of aryl methyl sites for hydroxylation is 1. The Hall–Kier alpha value is -2.32. The zero-order chi connectivity index (χ0) is 18.4. The van der Waals surface area contributed by atoms with Crippen LogP contribution < -0.4 is 10.6 Å². The number of hydrogen-bond acceptors (Lipinski definition) is 6. The first-order valence-corrected chi connectivity index (χ1v) is 9.65. The minimum Gasteiger partial charge on any atom is -0.352 e. The second-order valence-corrected chi connectivity index (χ2v) is 7.50. The van der Waals surface area contributed by atoms with Crippen LogP contribution in [0.1, 0.15) is 44.4 Å². The van der Waals surface area contributed by atoms with Crippen molar-refractivity contribution in [3.05, 3.63) is 39.8 Å². The van der Waals surface area contributed by atoms with Gasteiger partial charge in [-0.2, -0.15) is 0 Å². The molecule has 7 nitrogen and oxygen atoms in total. The summed E-state index contributed by atoms with van der Waals surface area (Å²) in [5, 5.41) is 14.4. The van der Waals surface area contributed by atoms with E-state index in [0.29, 0.717) is 22.8 Å². The van der Waals surface area contributed by atoms with E-state index in [4.69, 9.17) is 0 Å². The van der Waals surface area contributed by atoms with Crippen LogP contribution in [0.25, 0.3) is 0 Å². The fourth-order valence-electron chi connectivity index (χ4n) is 2.92. The normalized spacial score (nSPS) is 14.3. The van der Waals surface area contributed by atoms with Crippen LogP contribution >= 0.6 is 11.3 Å². The average Bonchev–Trinajstić information content (AvgIpc) is 3.30. The van der Waals surface area contributed by atoms with Crippen molar-refractivity contribution in [1.29, 1.82) is 0 Å². The van der Waals surface area contributed by atoms with Crippen molar-refractivity contribution in [2.45, 2.75) is 26.2 Å². The molecule has 0 radical (unpaired) electrons. The van der Waals surface area contributed by atoms with E-state index in [1.807, 2.05) is 0 Å². The molecule has 2 heterocycles. The first kappa shape index (κ1) is 18.5. The van der Waals surface area contributed by atoms with E-state index >= 15 is 0 Å². The van der Waals surface area contributed by atoms with Crippen molar-refractivity contribution in [3.63, 3.8) is 0 Å². The fourth-order valence-corrected chi connectivity index (χ4v) is 3.51. The van der Waals surface area contributed by atoms with E-state index in [2.05, 4.69) is 25.7 Å². The average molecular weight is 373 g/mol. The maximum Gasteiger partial charge on any atom is 0.286 e. The highest BCUT2D eigenvalue weighted by Gasteiger charge is 2.13. The number of anilines is 1. The smallest absolute Gasteiger partial charge is 0.286 e. The topological polar surface area (TPSA) is 87.2 Å². The molecule has 0 bridgehead atoms. The Labute approximate surface area is 156 Å². The molecule has 1 aliphatic rings. The van der Waals surface area contributed by atoms with Crippen LogP contribution in [0.15, 0.2) is 24.3 Å². The highest BCUT2D eigenvalue weighted by atomic mass is 32.1. The van der Waals surface area contributed by atoms with Gasteiger partial charge in [0, 0.05) is 17.8 Å². The van der Waals surface area contributed by atoms with Gasteiger partial charge >= 0.3 is 0 Å². The summed E-state index contributed by atoms with van der Waals surface area (Å²) in [7, 11) is 0. The number of nitrogens with zero attached hydrogens (tertiary/aromatic N) is 3. The molecule has 1 aromatic carbocycles. The number of likely N-dealkylation sites (tertiary alicyclic amines) is 1. The van der Waals surface area contributed by atoms with Gasteiger partial charge in [0.25, 0.3) is 11.8 Å². The van der Waals surface area contributed by atoms with Gasteiger partial charge in [-0.15, -0.1) is 10.2 Å². The van der Waals surface area contributed by atoms with Gasteiger partial charge in [0.15, 0.2) is 0 Å². The van der Waals surface area contributed by atoms with Crippen LogP contribution in [-0.4, -0.2) is 53.1 Å². The maximum absolute atomic E-state index is 12.3. The van der Waals surface area contributed by atoms with Crippen LogP contribution in [-0.2, 0) is 0 Å². The second kappa shape index (κ2) is 8.86. The predicted octanol–water partition coefficient (Wildman–Crippen LogP) is 2.31. The molecule has 0 aliphatic carbocycles. The lowest BCUT2D eigenvalue weighted by atomic mass is 10.2. The maximum atomic E-state index is 12.3. The summed E-state index contributed by atoms with van der Waals surface area (Å²) >= 11 is 1.23. The van der Waals surface area contributed by atoms with Crippen LogP contribution in [0, 0.1) is 6.92 Å². The van der Waals surface area contributed by atoms with Crippen molar-refractivity contribution in [2.24, 2.45) is 0 Å². The lowest BCUT2D eigenvalue weighted by Gasteiger charge is -2.14. The Kier molecular flexibility index (Phi) is 6.30. The highest BCUT2D eigenvalue weighted by Crippen LogP contribution is 2.14. The number of carbonyl (C=O) groups excluding carboxylic acids is 2. The summed E-state index contributed by atoms with van der Waals surface area (Å²) in [5.41, 5.74) is 1.09. The Bertz CT molecular complexity index is 770. The van der Waals surface area contributed by atoms with E-state index in [-0.39, 0.29) is 11.8 Å². The molecule has 1 saturated heterocycles. The molecule has 3 rings (SSSR count). The Morgan fingerprint density at radius 2 is 2.00 bits per heavy atom. The van der Waals surface area contributed by atoms with Crippen LogP contribution in [0.2, 0.25) is 0 Å². The summed E-state index contributed by atoms with van der Waals surface area (Å²) in [6.07, 6.45) is 3.50. The molecule has 2 amide bonds. The molecule has 26 heavy (non-hydrogen) atoms. The first-order valence-electron chi connectivity index (χ1n) is 8.84. The predicted molar refractivity (Wildman–Crippen MR) is 102 cm³/mol. The molecule has 0 unspecified atom stereocenters. The van der Waals surface area contributed by atoms with E-state index in [1.165, 1.54) is 37.3 Å². The molecule has 1 fully saturated rings. The molecule has 0 saturated carbocycles. The van der Waals surface area contributed by atoms with E-state index in [9.17, 15) is 9.59 Å². The molecule has 0 atom stereocenters. The second-order valence-electron chi connectivity index (χ2n) is 6.32. The van der Waals surface area contributed by atoms with Crippen molar-refractivity contribution in [2.75, 3.05) is 31.5 Å². The highest BCUT2D eigenvalue weighted by molar-refractivity contribution is 7.13. The van der Waals surface area contributed by atoms with Crippen LogP contribution in [0.4, 0.5) is 5.69 Å². The van der Waals surface area contributed by atoms with Gasteiger partial charge in [0.2, 0.25) is 5.01 Å². The quantitative estimate of drug-likeness (QED) is 0.727. The lowest BCUT2D eigenvalue weighted by molar-refractivity contribution is 0.0950. The van der Waals surface area contributed by atoms with Crippen LogP contribution in [0.3, 0.4) is 0 Å². The number of nitrogens with one attached hydrogen (secondary N) is 2. The summed E-state index contributed by atoms with van der Waals surface area (Å²) in [6.45, 7) is 5.81. The Morgan fingerprint density at radius 3 is 2.73 bits per heavy atom. The molecule has 1 aromatic heterocycles. The third-order valence-electron chi connectivity index (χ3n) is 4.24. The van der Waals surface area contributed by atoms with Gasteiger partial charge in [-0.05, 0) is 64.0 Å². The van der Waals surface area contributed by atoms with E-state index in [0.717, 1.165) is 18.0 Å². The fraction of sp³-hybridized carbons (Fsp3) is 0.444. The number of benzene rings is 1. The largest absolute Gasteiger partial charge is 0.352 e. The number of aromatic nitrogens is 2. The van der Waals surface area contributed by atoms with Crippen molar-refractivity contribution in [3.8, 4) is 0 Å². The van der Waals surface area contributed by atoms with Gasteiger partial charge in [0.05, 0.1) is 0 Å². The van der Waals surface area contributed by atoms with E-state index in [1.54, 1.807) is 31.2 Å². The van der Waals surface area contributed by atoms with Gasteiger partial charge in [0.1, 0.15) is 5.01 Å². The first-order chi connectivity index (χ1) is 12.6. The molecule has 8 heteroatoms. The van der Waals surface area contributed by atoms with Crippen molar-refractivity contribution >= 4 is 28.8 Å². The zero-order valence-electron chi connectivity index (χ0n) is 14.8. The summed E-state index contributed by atoms with van der Waals surface area (Å²) in [5.74, 6) is -0.451. The Balaban J connectivity index is 1.49. The summed E-state index contributed by atoms with van der Waals surface area (Å²) in [4.78, 5) is 26.9. The standard InChI is InChI=1S/C18H23N5O2S/c1-13-21-22-18(26-13)17(25)20-15-7-4-6-14(12-15)16(24)19-8-5-11-23-9-2-3-10-23/h4,6-7,12H,2-3,5,8-11H2,1H3,(H,19,24)(H,20,25). The number of rotatable bonds is 7. The van der Waals surface area contributed by atoms with Crippen LogP contribution in [0.5, 0.6) is 0 Å². The molecular weight excluding hydrogens is 350 g/mol. The lowest BCUT2D eigenvalue weighted by Crippen LogP contribution is -2.28. The summed E-state index contributed by atoms with van der Waals surface area (Å²) < 4.78 is 0. The monoisotopic (exact) mass is 373 g/mol. The zero-order valence-corrected chi connectivity index (χ0v) is 15.6. The number of hydrogen-bond donors (Lipinski definition) is 2. The molecule has 2 aromatic rings. The van der Waals surface area contributed by atoms with Crippen molar-refractivity contribution < 1.29 is 9.59 Å². The third-order valence-corrected chi connectivity index (χ3v) is 5.08. The minimum absolute atomic E-state index is 0.130. The Morgan fingerprint density at radius 1 is 1.19 bits per heavy atom. The molecular formula is C18H23N5O2S. The number of carbonyl (C=O) groups is 2. The van der Waals surface area contributed by atoms with Gasteiger partial charge in [-0.3, -0.25) is 9.59 Å². The minimum atomic E-state index is -0.321. The van der Waals surface area contributed by atoms with E-state index < -0.39 is 0 Å². The molecule has 0 spiro atoms. The molecule has 138 valence electrons. The number of amides is 2. The van der Waals surface area contributed by atoms with Gasteiger partial charge in [-0.1, -0.05) is 17.4 Å².